The van der Waals surface area contributed by atoms with Crippen LogP contribution in [0.5, 0.6) is 0 Å². The normalized spacial score (nSPS) is 15.0. The number of benzene rings is 1. The molecule has 1 fully saturated rings. The summed E-state index contributed by atoms with van der Waals surface area (Å²) in [4.78, 5) is 33.4. The number of nitrogens with zero attached hydrogens (tertiary/aromatic N) is 3. The number of piperazine rings is 1. The minimum atomic E-state index is -0.246. The van der Waals surface area contributed by atoms with Gasteiger partial charge in [0.2, 0.25) is 0 Å². The number of pyridine rings is 1. The van der Waals surface area contributed by atoms with Crippen molar-refractivity contribution < 1.29 is 9.59 Å². The molecule has 25 heavy (non-hydrogen) atoms. The molecule has 0 bridgehead atoms. The summed E-state index contributed by atoms with van der Waals surface area (Å²) in [7, 11) is 2.05. The Hall–Kier alpha value is -2.73. The standard InChI is InChI=1S/C19H22N4O2/c1-14-4-3-5-16(19(25)23-12-10-22(2)11-13-23)17(14)21-18(24)15-6-8-20-9-7-15/h3-9H,10-13H2,1-2H3,(H,21,24). The Bertz CT molecular complexity index is 768. The maximum atomic E-state index is 12.9. The molecule has 1 saturated heterocycles. The van der Waals surface area contributed by atoms with Crippen molar-refractivity contribution in [2.75, 3.05) is 38.5 Å². The molecular formula is C19H22N4O2. The molecule has 6 heteroatoms. The van der Waals surface area contributed by atoms with Gasteiger partial charge in [0, 0.05) is 44.1 Å². The molecule has 0 atom stereocenters. The van der Waals surface area contributed by atoms with E-state index in [1.807, 2.05) is 24.0 Å². The number of amides is 2. The van der Waals surface area contributed by atoms with Gasteiger partial charge in [-0.3, -0.25) is 14.6 Å². The predicted molar refractivity (Wildman–Crippen MR) is 96.8 cm³/mol. The first-order valence-corrected chi connectivity index (χ1v) is 8.35. The first-order chi connectivity index (χ1) is 12.1. The van der Waals surface area contributed by atoms with E-state index in [1.54, 1.807) is 30.6 Å². The summed E-state index contributed by atoms with van der Waals surface area (Å²) >= 11 is 0. The molecule has 1 aromatic heterocycles. The molecule has 130 valence electrons. The molecule has 0 spiro atoms. The van der Waals surface area contributed by atoms with Crippen LogP contribution in [0.2, 0.25) is 0 Å². The van der Waals surface area contributed by atoms with Crippen LogP contribution in [0.1, 0.15) is 26.3 Å². The predicted octanol–water partition coefficient (Wildman–Crippen LogP) is 2.03. The van der Waals surface area contributed by atoms with Gasteiger partial charge in [-0.05, 0) is 37.7 Å². The topological polar surface area (TPSA) is 65.5 Å². The third-order valence-electron chi connectivity index (χ3n) is 4.47. The Labute approximate surface area is 147 Å². The minimum absolute atomic E-state index is 0.0400. The zero-order chi connectivity index (χ0) is 17.8. The van der Waals surface area contributed by atoms with Gasteiger partial charge in [-0.25, -0.2) is 0 Å². The lowest BCUT2D eigenvalue weighted by molar-refractivity contribution is 0.0665. The molecule has 6 nitrogen and oxygen atoms in total. The number of hydrogen-bond donors (Lipinski definition) is 1. The number of aromatic nitrogens is 1. The maximum absolute atomic E-state index is 12.9. The smallest absolute Gasteiger partial charge is 0.256 e. The third-order valence-corrected chi connectivity index (χ3v) is 4.47. The van der Waals surface area contributed by atoms with Crippen molar-refractivity contribution in [3.8, 4) is 0 Å². The molecule has 1 aliphatic rings. The second-order valence-electron chi connectivity index (χ2n) is 6.28. The quantitative estimate of drug-likeness (QED) is 0.930. The summed E-state index contributed by atoms with van der Waals surface area (Å²) in [6.45, 7) is 5.00. The van der Waals surface area contributed by atoms with Crippen molar-refractivity contribution >= 4 is 17.5 Å². The molecule has 1 N–H and O–H groups in total. The highest BCUT2D eigenvalue weighted by molar-refractivity contribution is 6.09. The number of para-hydroxylation sites is 1. The fraction of sp³-hybridized carbons (Fsp3) is 0.316. The molecule has 0 aliphatic carbocycles. The van der Waals surface area contributed by atoms with Gasteiger partial charge in [-0.15, -0.1) is 0 Å². The van der Waals surface area contributed by atoms with Crippen LogP contribution in [0.15, 0.2) is 42.7 Å². The number of anilines is 1. The Morgan fingerprint density at radius 2 is 1.72 bits per heavy atom. The van der Waals surface area contributed by atoms with E-state index in [9.17, 15) is 9.59 Å². The van der Waals surface area contributed by atoms with E-state index < -0.39 is 0 Å². The zero-order valence-electron chi connectivity index (χ0n) is 14.5. The monoisotopic (exact) mass is 338 g/mol. The molecule has 2 heterocycles. The van der Waals surface area contributed by atoms with Crippen LogP contribution in [0.4, 0.5) is 5.69 Å². The van der Waals surface area contributed by atoms with E-state index in [4.69, 9.17) is 0 Å². The van der Waals surface area contributed by atoms with Crippen molar-refractivity contribution in [3.05, 3.63) is 59.4 Å². The van der Waals surface area contributed by atoms with Gasteiger partial charge in [0.1, 0.15) is 0 Å². The first kappa shape index (κ1) is 17.1. The molecule has 0 radical (unpaired) electrons. The van der Waals surface area contributed by atoms with Crippen molar-refractivity contribution in [1.29, 1.82) is 0 Å². The fourth-order valence-electron chi connectivity index (χ4n) is 2.88. The van der Waals surface area contributed by atoms with Crippen molar-refractivity contribution in [2.24, 2.45) is 0 Å². The lowest BCUT2D eigenvalue weighted by atomic mass is 10.1. The minimum Gasteiger partial charge on any atom is -0.336 e. The molecule has 3 rings (SSSR count). The number of carbonyl (C=O) groups excluding carboxylic acids is 2. The van der Waals surface area contributed by atoms with Crippen LogP contribution in [-0.2, 0) is 0 Å². The summed E-state index contributed by atoms with van der Waals surface area (Å²) in [5, 5.41) is 2.90. The summed E-state index contributed by atoms with van der Waals surface area (Å²) in [5.74, 6) is -0.286. The van der Waals surface area contributed by atoms with Gasteiger partial charge in [-0.2, -0.15) is 0 Å². The number of rotatable bonds is 3. The highest BCUT2D eigenvalue weighted by Gasteiger charge is 2.24. The van der Waals surface area contributed by atoms with Gasteiger partial charge in [0.05, 0.1) is 11.3 Å². The van der Waals surface area contributed by atoms with Crippen molar-refractivity contribution in [3.63, 3.8) is 0 Å². The molecule has 2 aromatic rings. The maximum Gasteiger partial charge on any atom is 0.256 e. The first-order valence-electron chi connectivity index (χ1n) is 8.35. The Kier molecular flexibility index (Phi) is 5.09. The fourth-order valence-corrected chi connectivity index (χ4v) is 2.88. The number of carbonyl (C=O) groups is 2. The highest BCUT2D eigenvalue weighted by Crippen LogP contribution is 2.23. The average Bonchev–Trinajstić information content (AvgIpc) is 2.64. The van der Waals surface area contributed by atoms with E-state index in [0.717, 1.165) is 18.7 Å². The average molecular weight is 338 g/mol. The van der Waals surface area contributed by atoms with Gasteiger partial charge >= 0.3 is 0 Å². The van der Waals surface area contributed by atoms with Crippen LogP contribution >= 0.6 is 0 Å². The SMILES string of the molecule is Cc1cccc(C(=O)N2CCN(C)CC2)c1NC(=O)c1ccncc1. The summed E-state index contributed by atoms with van der Waals surface area (Å²) < 4.78 is 0. The second kappa shape index (κ2) is 7.44. The summed E-state index contributed by atoms with van der Waals surface area (Å²) in [5.41, 5.74) is 2.49. The number of aryl methyl sites for hydroxylation is 1. The van der Waals surface area contributed by atoms with Gasteiger partial charge in [0.25, 0.3) is 11.8 Å². The molecule has 1 aliphatic heterocycles. The number of likely N-dealkylation sites (N-methyl/N-ethyl adjacent to an activating group) is 1. The van der Waals surface area contributed by atoms with Crippen LogP contribution in [0.25, 0.3) is 0 Å². The lowest BCUT2D eigenvalue weighted by Crippen LogP contribution is -2.47. The van der Waals surface area contributed by atoms with Gasteiger partial charge in [-0.1, -0.05) is 12.1 Å². The summed E-state index contributed by atoms with van der Waals surface area (Å²) in [6, 6.07) is 8.81. The number of hydrogen-bond acceptors (Lipinski definition) is 4. The van der Waals surface area contributed by atoms with E-state index in [-0.39, 0.29) is 11.8 Å². The number of nitrogens with one attached hydrogen (secondary N) is 1. The van der Waals surface area contributed by atoms with E-state index >= 15 is 0 Å². The zero-order valence-corrected chi connectivity index (χ0v) is 14.5. The van der Waals surface area contributed by atoms with Crippen LogP contribution in [0, 0.1) is 6.92 Å². The lowest BCUT2D eigenvalue weighted by Gasteiger charge is -2.33. The van der Waals surface area contributed by atoms with E-state index in [0.29, 0.717) is 29.9 Å². The summed E-state index contributed by atoms with van der Waals surface area (Å²) in [6.07, 6.45) is 3.14. The van der Waals surface area contributed by atoms with Crippen LogP contribution < -0.4 is 5.32 Å². The highest BCUT2D eigenvalue weighted by atomic mass is 16.2. The van der Waals surface area contributed by atoms with Gasteiger partial charge < -0.3 is 15.1 Å². The Morgan fingerprint density at radius 3 is 2.40 bits per heavy atom. The molecule has 0 unspecified atom stereocenters. The molecular weight excluding hydrogens is 316 g/mol. The van der Waals surface area contributed by atoms with E-state index in [2.05, 4.69) is 22.2 Å². The van der Waals surface area contributed by atoms with Crippen molar-refractivity contribution in [2.45, 2.75) is 6.92 Å². The van der Waals surface area contributed by atoms with E-state index in [1.165, 1.54) is 0 Å². The van der Waals surface area contributed by atoms with Crippen molar-refractivity contribution in [1.82, 2.24) is 14.8 Å². The Balaban J connectivity index is 1.85. The van der Waals surface area contributed by atoms with Gasteiger partial charge in [0.15, 0.2) is 0 Å². The second-order valence-corrected chi connectivity index (χ2v) is 6.28. The molecule has 2 amide bonds. The van der Waals surface area contributed by atoms with Crippen LogP contribution in [0.3, 0.4) is 0 Å². The largest absolute Gasteiger partial charge is 0.336 e. The molecule has 0 saturated carbocycles. The Morgan fingerprint density at radius 1 is 1.04 bits per heavy atom. The molecule has 1 aromatic carbocycles. The van der Waals surface area contributed by atoms with Crippen LogP contribution in [-0.4, -0.2) is 59.8 Å². The third kappa shape index (κ3) is 3.85.